The molecule has 0 spiro atoms. The summed E-state index contributed by atoms with van der Waals surface area (Å²) >= 11 is 0. The third-order valence-electron chi connectivity index (χ3n) is 2.67. The molecule has 1 aromatic carbocycles. The largest absolute Gasteiger partial charge is 0.493 e. The van der Waals surface area contributed by atoms with E-state index in [2.05, 4.69) is 0 Å². The lowest BCUT2D eigenvalue weighted by atomic mass is 9.94. The molecule has 0 radical (unpaired) electrons. The predicted molar refractivity (Wildman–Crippen MR) is 63.0 cm³/mol. The summed E-state index contributed by atoms with van der Waals surface area (Å²) in [7, 11) is 3.17. The lowest BCUT2D eigenvalue weighted by Gasteiger charge is -2.19. The van der Waals surface area contributed by atoms with Crippen LogP contribution in [0.25, 0.3) is 0 Å². The van der Waals surface area contributed by atoms with Crippen LogP contribution in [0.15, 0.2) is 18.2 Å². The van der Waals surface area contributed by atoms with Gasteiger partial charge in [-0.3, -0.25) is 0 Å². The maximum absolute atomic E-state index is 9.60. The summed E-state index contributed by atoms with van der Waals surface area (Å²) in [4.78, 5) is 0. The van der Waals surface area contributed by atoms with Gasteiger partial charge in [0.15, 0.2) is 11.5 Å². The highest BCUT2D eigenvalue weighted by Gasteiger charge is 2.17. The second kappa shape index (κ2) is 5.72. The summed E-state index contributed by atoms with van der Waals surface area (Å²) in [5, 5.41) is 9.60. The third kappa shape index (κ3) is 2.65. The van der Waals surface area contributed by atoms with Crippen molar-refractivity contribution in [2.24, 2.45) is 5.73 Å². The van der Waals surface area contributed by atoms with Crippen molar-refractivity contribution < 1.29 is 14.6 Å². The minimum atomic E-state index is -0.483. The highest BCUT2D eigenvalue weighted by molar-refractivity contribution is 5.44. The monoisotopic (exact) mass is 225 g/mol. The summed E-state index contributed by atoms with van der Waals surface area (Å²) in [6.45, 7) is 2.13. The number of hydrogen-bond donors (Lipinski definition) is 2. The van der Waals surface area contributed by atoms with Gasteiger partial charge in [0.25, 0.3) is 0 Å². The van der Waals surface area contributed by atoms with Crippen LogP contribution >= 0.6 is 0 Å². The highest BCUT2D eigenvalue weighted by Crippen LogP contribution is 2.31. The van der Waals surface area contributed by atoms with Crippen LogP contribution in [0, 0.1) is 0 Å². The Morgan fingerprint density at radius 2 is 1.88 bits per heavy atom. The molecule has 16 heavy (non-hydrogen) atoms. The van der Waals surface area contributed by atoms with Crippen molar-refractivity contribution in [1.29, 1.82) is 0 Å². The Hall–Kier alpha value is -1.26. The SMILES string of the molecule is COc1ccc(C(CN)C(C)O)cc1OC. The number of rotatable bonds is 5. The summed E-state index contributed by atoms with van der Waals surface area (Å²) in [5.41, 5.74) is 6.59. The first-order valence-electron chi connectivity index (χ1n) is 5.24. The average Bonchev–Trinajstić information content (AvgIpc) is 2.29. The zero-order chi connectivity index (χ0) is 12.1. The molecule has 1 rings (SSSR count). The van der Waals surface area contributed by atoms with Gasteiger partial charge < -0.3 is 20.3 Å². The number of benzene rings is 1. The van der Waals surface area contributed by atoms with E-state index >= 15 is 0 Å². The minimum Gasteiger partial charge on any atom is -0.493 e. The van der Waals surface area contributed by atoms with Crippen LogP contribution in [-0.4, -0.2) is 32.0 Å². The fraction of sp³-hybridized carbons (Fsp3) is 0.500. The van der Waals surface area contributed by atoms with Gasteiger partial charge >= 0.3 is 0 Å². The normalized spacial score (nSPS) is 14.3. The molecular weight excluding hydrogens is 206 g/mol. The Bertz CT molecular complexity index is 339. The van der Waals surface area contributed by atoms with Crippen molar-refractivity contribution in [3.05, 3.63) is 23.8 Å². The average molecular weight is 225 g/mol. The number of nitrogens with two attached hydrogens (primary N) is 1. The molecule has 0 aromatic heterocycles. The Kier molecular flexibility index (Phi) is 4.58. The van der Waals surface area contributed by atoms with Crippen molar-refractivity contribution >= 4 is 0 Å². The lowest BCUT2D eigenvalue weighted by molar-refractivity contribution is 0.164. The van der Waals surface area contributed by atoms with Crippen LogP contribution in [0.4, 0.5) is 0 Å². The second-order valence-electron chi connectivity index (χ2n) is 3.70. The van der Waals surface area contributed by atoms with Crippen LogP contribution < -0.4 is 15.2 Å². The molecule has 0 saturated carbocycles. The van der Waals surface area contributed by atoms with Crippen molar-refractivity contribution in [2.45, 2.75) is 18.9 Å². The van der Waals surface area contributed by atoms with Crippen LogP contribution in [0.2, 0.25) is 0 Å². The number of hydrogen-bond acceptors (Lipinski definition) is 4. The maximum atomic E-state index is 9.60. The van der Waals surface area contributed by atoms with Crippen molar-refractivity contribution in [2.75, 3.05) is 20.8 Å². The van der Waals surface area contributed by atoms with Crippen LogP contribution in [0.5, 0.6) is 11.5 Å². The summed E-state index contributed by atoms with van der Waals surface area (Å²) in [6.07, 6.45) is -0.483. The molecule has 90 valence electrons. The van der Waals surface area contributed by atoms with Gasteiger partial charge in [-0.15, -0.1) is 0 Å². The van der Waals surface area contributed by atoms with E-state index in [1.54, 1.807) is 21.1 Å². The standard InChI is InChI=1S/C12H19NO3/c1-8(14)10(7-13)9-4-5-11(15-2)12(6-9)16-3/h4-6,8,10,14H,7,13H2,1-3H3. The molecule has 0 bridgehead atoms. The number of ether oxygens (including phenoxy) is 2. The molecule has 0 aliphatic carbocycles. The van der Waals surface area contributed by atoms with Gasteiger partial charge in [-0.25, -0.2) is 0 Å². The molecule has 0 heterocycles. The van der Waals surface area contributed by atoms with Gasteiger partial charge in [0.2, 0.25) is 0 Å². The Labute approximate surface area is 96.0 Å². The molecule has 0 aliphatic heterocycles. The van der Waals surface area contributed by atoms with E-state index in [-0.39, 0.29) is 5.92 Å². The van der Waals surface area contributed by atoms with Gasteiger partial charge in [0, 0.05) is 12.5 Å². The quantitative estimate of drug-likeness (QED) is 0.788. The molecule has 2 atom stereocenters. The van der Waals surface area contributed by atoms with Gasteiger partial charge in [-0.1, -0.05) is 6.07 Å². The van der Waals surface area contributed by atoms with Gasteiger partial charge in [0.1, 0.15) is 0 Å². The van der Waals surface area contributed by atoms with Gasteiger partial charge in [-0.05, 0) is 24.6 Å². The first-order chi connectivity index (χ1) is 7.63. The summed E-state index contributed by atoms with van der Waals surface area (Å²) in [5.74, 6) is 1.24. The molecule has 0 amide bonds. The lowest BCUT2D eigenvalue weighted by Crippen LogP contribution is -2.23. The van der Waals surface area contributed by atoms with E-state index < -0.39 is 6.10 Å². The molecule has 1 aromatic rings. The summed E-state index contributed by atoms with van der Waals surface area (Å²) in [6, 6.07) is 5.56. The molecule has 2 unspecified atom stereocenters. The van der Waals surface area contributed by atoms with Crippen LogP contribution in [0.1, 0.15) is 18.4 Å². The molecule has 0 fully saturated rings. The van der Waals surface area contributed by atoms with E-state index in [1.807, 2.05) is 18.2 Å². The van der Waals surface area contributed by atoms with Crippen LogP contribution in [-0.2, 0) is 0 Å². The first kappa shape index (κ1) is 12.8. The molecule has 0 saturated heterocycles. The van der Waals surface area contributed by atoms with E-state index in [0.29, 0.717) is 18.0 Å². The van der Waals surface area contributed by atoms with E-state index in [0.717, 1.165) is 5.56 Å². The van der Waals surface area contributed by atoms with Gasteiger partial charge in [-0.2, -0.15) is 0 Å². The summed E-state index contributed by atoms with van der Waals surface area (Å²) < 4.78 is 10.4. The van der Waals surface area contributed by atoms with Crippen molar-refractivity contribution in [1.82, 2.24) is 0 Å². The zero-order valence-electron chi connectivity index (χ0n) is 9.93. The van der Waals surface area contributed by atoms with Crippen LogP contribution in [0.3, 0.4) is 0 Å². The maximum Gasteiger partial charge on any atom is 0.160 e. The van der Waals surface area contributed by atoms with E-state index in [1.165, 1.54) is 0 Å². The minimum absolute atomic E-state index is 0.0835. The highest BCUT2D eigenvalue weighted by atomic mass is 16.5. The predicted octanol–water partition coefficient (Wildman–Crippen LogP) is 1.13. The zero-order valence-corrected chi connectivity index (χ0v) is 9.93. The molecule has 0 aliphatic rings. The Morgan fingerprint density at radius 1 is 1.25 bits per heavy atom. The Morgan fingerprint density at radius 3 is 2.31 bits per heavy atom. The van der Waals surface area contributed by atoms with E-state index in [9.17, 15) is 5.11 Å². The molecule has 3 N–H and O–H groups in total. The molecule has 4 heteroatoms. The van der Waals surface area contributed by atoms with Crippen molar-refractivity contribution in [3.8, 4) is 11.5 Å². The smallest absolute Gasteiger partial charge is 0.160 e. The topological polar surface area (TPSA) is 64.7 Å². The fourth-order valence-electron chi connectivity index (χ4n) is 1.69. The Balaban J connectivity index is 3.06. The molecular formula is C12H19NO3. The van der Waals surface area contributed by atoms with Gasteiger partial charge in [0.05, 0.1) is 20.3 Å². The number of aliphatic hydroxyl groups is 1. The number of methoxy groups -OCH3 is 2. The van der Waals surface area contributed by atoms with E-state index in [4.69, 9.17) is 15.2 Å². The number of aliphatic hydroxyl groups excluding tert-OH is 1. The first-order valence-corrected chi connectivity index (χ1v) is 5.24. The van der Waals surface area contributed by atoms with Crippen molar-refractivity contribution in [3.63, 3.8) is 0 Å². The second-order valence-corrected chi connectivity index (χ2v) is 3.70. The fourth-order valence-corrected chi connectivity index (χ4v) is 1.69. The third-order valence-corrected chi connectivity index (χ3v) is 2.67. The molecule has 4 nitrogen and oxygen atoms in total.